The van der Waals surface area contributed by atoms with Crippen LogP contribution in [0.15, 0.2) is 0 Å². The highest BCUT2D eigenvalue weighted by atomic mass is 15.3. The summed E-state index contributed by atoms with van der Waals surface area (Å²) in [7, 11) is 0. The van der Waals surface area contributed by atoms with Gasteiger partial charge >= 0.3 is 0 Å². The Morgan fingerprint density at radius 2 is 1.33 bits per heavy atom. The van der Waals surface area contributed by atoms with Crippen molar-refractivity contribution in [3.8, 4) is 0 Å². The van der Waals surface area contributed by atoms with Gasteiger partial charge in [-0.2, -0.15) is 0 Å². The molecule has 0 rings (SSSR count). The molecule has 0 unspecified atom stereocenters. The lowest BCUT2D eigenvalue weighted by molar-refractivity contribution is 0.501. The van der Waals surface area contributed by atoms with Crippen molar-refractivity contribution < 1.29 is 0 Å². The second-order valence-electron chi connectivity index (χ2n) is 3.27. The Bertz CT molecular complexity index is 64.2. The highest BCUT2D eigenvalue weighted by Gasteiger charge is 1.87. The number of rotatable bonds is 9. The molecular weight excluding hydrogens is 148 g/mol. The number of unbranched alkanes of at least 4 members (excludes halogenated alkanes) is 4. The van der Waals surface area contributed by atoms with Crippen molar-refractivity contribution in [2.24, 2.45) is 0 Å². The molecule has 0 aromatic rings. The quantitative estimate of drug-likeness (QED) is 0.412. The van der Waals surface area contributed by atoms with Crippen molar-refractivity contribution in [3.63, 3.8) is 0 Å². The van der Waals surface area contributed by atoms with Gasteiger partial charge in [0.2, 0.25) is 0 Å². The fourth-order valence-corrected chi connectivity index (χ4v) is 1.12. The summed E-state index contributed by atoms with van der Waals surface area (Å²) < 4.78 is 0. The average molecular weight is 172 g/mol. The number of nitrogens with one attached hydrogen (secondary N) is 2. The molecule has 0 heterocycles. The highest BCUT2D eigenvalue weighted by Crippen LogP contribution is 2.00. The van der Waals surface area contributed by atoms with Crippen LogP contribution in [0.1, 0.15) is 52.4 Å². The van der Waals surface area contributed by atoms with E-state index in [-0.39, 0.29) is 0 Å². The van der Waals surface area contributed by atoms with Crippen LogP contribution in [0.3, 0.4) is 0 Å². The van der Waals surface area contributed by atoms with Crippen LogP contribution >= 0.6 is 0 Å². The zero-order valence-electron chi connectivity index (χ0n) is 8.66. The smallest absolute Gasteiger partial charge is 0.00997 e. The van der Waals surface area contributed by atoms with Crippen molar-refractivity contribution in [1.82, 2.24) is 10.9 Å². The normalized spacial score (nSPS) is 10.5. The molecule has 74 valence electrons. The maximum absolute atomic E-state index is 3.21. The average Bonchev–Trinajstić information content (AvgIpc) is 2.10. The van der Waals surface area contributed by atoms with Gasteiger partial charge in [0.1, 0.15) is 0 Å². The van der Waals surface area contributed by atoms with Crippen LogP contribution in [-0.2, 0) is 0 Å². The molecule has 0 fully saturated rings. The Hall–Kier alpha value is -0.0800. The monoisotopic (exact) mass is 172 g/mol. The molecule has 0 saturated heterocycles. The van der Waals surface area contributed by atoms with E-state index in [9.17, 15) is 0 Å². The summed E-state index contributed by atoms with van der Waals surface area (Å²) in [5.41, 5.74) is 6.39. The molecule has 0 aliphatic rings. The van der Waals surface area contributed by atoms with Gasteiger partial charge in [0.25, 0.3) is 0 Å². The van der Waals surface area contributed by atoms with Crippen LogP contribution in [-0.4, -0.2) is 13.1 Å². The first kappa shape index (κ1) is 11.9. The minimum absolute atomic E-state index is 1.08. The van der Waals surface area contributed by atoms with E-state index in [0.29, 0.717) is 0 Å². The Labute approximate surface area is 77.1 Å². The summed E-state index contributed by atoms with van der Waals surface area (Å²) >= 11 is 0. The minimum atomic E-state index is 1.08. The van der Waals surface area contributed by atoms with Gasteiger partial charge < -0.3 is 0 Å². The van der Waals surface area contributed by atoms with Crippen molar-refractivity contribution in [2.75, 3.05) is 13.1 Å². The predicted octanol–water partition coefficient (Wildman–Crippen LogP) is 2.46. The van der Waals surface area contributed by atoms with Crippen LogP contribution < -0.4 is 10.9 Å². The maximum atomic E-state index is 3.21. The number of hydrazine groups is 1. The third-order valence-corrected chi connectivity index (χ3v) is 1.91. The van der Waals surface area contributed by atoms with Gasteiger partial charge in [-0.15, -0.1) is 0 Å². The Kier molecular flexibility index (Phi) is 10.8. The van der Waals surface area contributed by atoms with Crippen LogP contribution in [0.4, 0.5) is 0 Å². The van der Waals surface area contributed by atoms with Crippen LogP contribution in [0, 0.1) is 0 Å². The molecule has 2 heteroatoms. The molecule has 12 heavy (non-hydrogen) atoms. The predicted molar refractivity (Wildman–Crippen MR) is 55.1 cm³/mol. The first-order valence-electron chi connectivity index (χ1n) is 5.37. The van der Waals surface area contributed by atoms with E-state index < -0.39 is 0 Å². The van der Waals surface area contributed by atoms with Crippen LogP contribution in [0.5, 0.6) is 0 Å². The van der Waals surface area contributed by atoms with Crippen molar-refractivity contribution in [3.05, 3.63) is 0 Å². The summed E-state index contributed by atoms with van der Waals surface area (Å²) in [6.07, 6.45) is 7.99. The van der Waals surface area contributed by atoms with Gasteiger partial charge in [0, 0.05) is 13.1 Å². The molecule has 0 aromatic carbocycles. The summed E-state index contributed by atoms with van der Waals surface area (Å²) in [6.45, 7) is 6.62. The molecule has 2 N–H and O–H groups in total. The molecule has 0 aliphatic carbocycles. The molecule has 0 spiro atoms. The van der Waals surface area contributed by atoms with E-state index in [2.05, 4.69) is 24.7 Å². The highest BCUT2D eigenvalue weighted by molar-refractivity contribution is 4.45. The number of hydrogen-bond acceptors (Lipinski definition) is 2. The van der Waals surface area contributed by atoms with Gasteiger partial charge in [-0.3, -0.25) is 10.9 Å². The molecular formula is C10H24N2. The SMILES string of the molecule is CCCCCCCNNCCC. The van der Waals surface area contributed by atoms with Gasteiger partial charge in [-0.05, 0) is 12.8 Å². The second-order valence-corrected chi connectivity index (χ2v) is 3.27. The summed E-state index contributed by atoms with van der Waals surface area (Å²) in [6, 6.07) is 0. The van der Waals surface area contributed by atoms with E-state index in [0.717, 1.165) is 13.1 Å². The zero-order valence-corrected chi connectivity index (χ0v) is 8.66. The maximum Gasteiger partial charge on any atom is 0.00997 e. The molecule has 0 atom stereocenters. The molecule has 0 bridgehead atoms. The summed E-state index contributed by atoms with van der Waals surface area (Å²) in [4.78, 5) is 0. The molecule has 0 amide bonds. The summed E-state index contributed by atoms with van der Waals surface area (Å²) in [5, 5.41) is 0. The van der Waals surface area contributed by atoms with Crippen molar-refractivity contribution in [1.29, 1.82) is 0 Å². The lowest BCUT2D eigenvalue weighted by Crippen LogP contribution is -2.32. The van der Waals surface area contributed by atoms with Crippen LogP contribution in [0.25, 0.3) is 0 Å². The van der Waals surface area contributed by atoms with E-state index in [4.69, 9.17) is 0 Å². The molecule has 2 nitrogen and oxygen atoms in total. The first-order valence-corrected chi connectivity index (χ1v) is 5.37. The standard InChI is InChI=1S/C10H24N2/c1-3-5-6-7-8-10-12-11-9-4-2/h11-12H,3-10H2,1-2H3. The minimum Gasteiger partial charge on any atom is -0.258 e. The largest absolute Gasteiger partial charge is 0.258 e. The first-order chi connectivity index (χ1) is 5.91. The third kappa shape index (κ3) is 9.92. The van der Waals surface area contributed by atoms with Crippen molar-refractivity contribution in [2.45, 2.75) is 52.4 Å². The van der Waals surface area contributed by atoms with Crippen LogP contribution in [0.2, 0.25) is 0 Å². The van der Waals surface area contributed by atoms with E-state index in [1.807, 2.05) is 0 Å². The van der Waals surface area contributed by atoms with Gasteiger partial charge in [-0.1, -0.05) is 39.5 Å². The third-order valence-electron chi connectivity index (χ3n) is 1.91. The summed E-state index contributed by atoms with van der Waals surface area (Å²) in [5.74, 6) is 0. The van der Waals surface area contributed by atoms with E-state index in [1.54, 1.807) is 0 Å². The van der Waals surface area contributed by atoms with Crippen molar-refractivity contribution >= 4 is 0 Å². The molecule has 0 radical (unpaired) electrons. The lowest BCUT2D eigenvalue weighted by atomic mass is 10.2. The van der Waals surface area contributed by atoms with Gasteiger partial charge in [-0.25, -0.2) is 0 Å². The fourth-order valence-electron chi connectivity index (χ4n) is 1.12. The topological polar surface area (TPSA) is 24.1 Å². The lowest BCUT2D eigenvalue weighted by Gasteiger charge is -2.04. The molecule has 0 aromatic heterocycles. The second kappa shape index (κ2) is 10.9. The van der Waals surface area contributed by atoms with Gasteiger partial charge in [0.05, 0.1) is 0 Å². The Balaban J connectivity index is 2.73. The van der Waals surface area contributed by atoms with E-state index >= 15 is 0 Å². The van der Waals surface area contributed by atoms with E-state index in [1.165, 1.54) is 38.5 Å². The Morgan fingerprint density at radius 3 is 2.00 bits per heavy atom. The molecule has 0 saturated carbocycles. The fraction of sp³-hybridized carbons (Fsp3) is 1.00. The number of hydrogen-bond donors (Lipinski definition) is 2. The van der Waals surface area contributed by atoms with Gasteiger partial charge in [0.15, 0.2) is 0 Å². The molecule has 0 aliphatic heterocycles. The Morgan fingerprint density at radius 1 is 0.667 bits per heavy atom. The zero-order chi connectivity index (χ0) is 9.07.